The fraction of sp³-hybridized carbons (Fsp3) is 0.632. The van der Waals surface area contributed by atoms with Crippen LogP contribution in [0.2, 0.25) is 0 Å². The first-order chi connectivity index (χ1) is 11.3. The molecule has 0 spiro atoms. The average molecular weight is 333 g/mol. The zero-order valence-corrected chi connectivity index (χ0v) is 15.4. The van der Waals surface area contributed by atoms with Gasteiger partial charge >= 0.3 is 0 Å². The first-order valence-electron chi connectivity index (χ1n) is 8.84. The lowest BCUT2D eigenvalue weighted by Gasteiger charge is -2.35. The van der Waals surface area contributed by atoms with E-state index in [0.717, 1.165) is 31.7 Å². The molecule has 2 N–H and O–H groups in total. The molecular weight excluding hydrogens is 302 g/mol. The SMILES string of the molecule is Cc1ccc([C@H](C)NC(=O)CN2CCN(C[C@@H](C)O)CC2)cc1C. The highest BCUT2D eigenvalue weighted by atomic mass is 16.3. The van der Waals surface area contributed by atoms with Crippen LogP contribution in [0.15, 0.2) is 18.2 Å². The minimum Gasteiger partial charge on any atom is -0.392 e. The second kappa shape index (κ2) is 8.60. The fourth-order valence-electron chi connectivity index (χ4n) is 3.11. The Morgan fingerprint density at radius 3 is 2.33 bits per heavy atom. The number of amides is 1. The molecule has 2 rings (SSSR count). The molecule has 5 nitrogen and oxygen atoms in total. The van der Waals surface area contributed by atoms with Crippen LogP contribution in [0.5, 0.6) is 0 Å². The van der Waals surface area contributed by atoms with Crippen molar-refractivity contribution in [3.05, 3.63) is 34.9 Å². The van der Waals surface area contributed by atoms with Crippen LogP contribution in [0.25, 0.3) is 0 Å². The molecule has 0 radical (unpaired) electrons. The lowest BCUT2D eigenvalue weighted by atomic mass is 10.0. The summed E-state index contributed by atoms with van der Waals surface area (Å²) in [7, 11) is 0. The van der Waals surface area contributed by atoms with Gasteiger partial charge in [0.25, 0.3) is 0 Å². The van der Waals surface area contributed by atoms with E-state index in [0.29, 0.717) is 13.1 Å². The molecule has 1 aromatic carbocycles. The van der Waals surface area contributed by atoms with Gasteiger partial charge in [0.05, 0.1) is 18.7 Å². The van der Waals surface area contributed by atoms with Crippen LogP contribution >= 0.6 is 0 Å². The summed E-state index contributed by atoms with van der Waals surface area (Å²) in [5.41, 5.74) is 3.67. The third-order valence-corrected chi connectivity index (χ3v) is 4.76. The molecule has 1 amide bonds. The molecule has 0 saturated carbocycles. The molecule has 0 bridgehead atoms. The largest absolute Gasteiger partial charge is 0.392 e. The Hall–Kier alpha value is -1.43. The maximum absolute atomic E-state index is 12.3. The summed E-state index contributed by atoms with van der Waals surface area (Å²) in [4.78, 5) is 16.7. The normalized spacial score (nSPS) is 19.0. The maximum Gasteiger partial charge on any atom is 0.234 e. The van der Waals surface area contributed by atoms with Crippen molar-refractivity contribution in [2.45, 2.75) is 39.8 Å². The van der Waals surface area contributed by atoms with Crippen LogP contribution in [-0.2, 0) is 4.79 Å². The van der Waals surface area contributed by atoms with Crippen molar-refractivity contribution >= 4 is 5.91 Å². The smallest absolute Gasteiger partial charge is 0.234 e. The van der Waals surface area contributed by atoms with Crippen LogP contribution in [0.3, 0.4) is 0 Å². The molecule has 1 heterocycles. The number of aliphatic hydroxyl groups is 1. The monoisotopic (exact) mass is 333 g/mol. The molecule has 1 saturated heterocycles. The standard InChI is InChI=1S/C19H31N3O2/c1-14-5-6-18(11-15(14)2)17(4)20-19(24)13-22-9-7-21(8-10-22)12-16(3)23/h5-6,11,16-17,23H,7-10,12-13H2,1-4H3,(H,20,24)/t16-,17+/m1/s1. The molecular formula is C19H31N3O2. The van der Waals surface area contributed by atoms with Gasteiger partial charge in [-0.15, -0.1) is 0 Å². The average Bonchev–Trinajstić information content (AvgIpc) is 2.51. The van der Waals surface area contributed by atoms with Gasteiger partial charge in [-0.3, -0.25) is 14.6 Å². The zero-order chi connectivity index (χ0) is 17.7. The van der Waals surface area contributed by atoms with E-state index in [9.17, 15) is 9.90 Å². The highest BCUT2D eigenvalue weighted by molar-refractivity contribution is 5.78. The van der Waals surface area contributed by atoms with E-state index in [-0.39, 0.29) is 18.1 Å². The van der Waals surface area contributed by atoms with Gasteiger partial charge in [0.2, 0.25) is 5.91 Å². The summed E-state index contributed by atoms with van der Waals surface area (Å²) in [5.74, 6) is 0.0738. The number of aryl methyl sites for hydroxylation is 2. The van der Waals surface area contributed by atoms with Crippen molar-refractivity contribution in [2.75, 3.05) is 39.3 Å². The minimum atomic E-state index is -0.293. The number of nitrogens with zero attached hydrogens (tertiary/aromatic N) is 2. The molecule has 0 aromatic heterocycles. The molecule has 134 valence electrons. The Kier molecular flexibility index (Phi) is 6.78. The molecule has 24 heavy (non-hydrogen) atoms. The molecule has 1 fully saturated rings. The van der Waals surface area contributed by atoms with Gasteiger partial charge in [0.15, 0.2) is 0 Å². The van der Waals surface area contributed by atoms with Crippen LogP contribution in [0, 0.1) is 13.8 Å². The number of β-amino-alcohol motifs (C(OH)–C–C–N with tert-alkyl or cyclic N) is 1. The number of hydrogen-bond donors (Lipinski definition) is 2. The predicted molar refractivity (Wildman–Crippen MR) is 97.0 cm³/mol. The van der Waals surface area contributed by atoms with E-state index in [1.54, 1.807) is 0 Å². The zero-order valence-electron chi connectivity index (χ0n) is 15.4. The fourth-order valence-corrected chi connectivity index (χ4v) is 3.11. The molecule has 0 aliphatic carbocycles. The van der Waals surface area contributed by atoms with Crippen LogP contribution in [0.1, 0.15) is 36.6 Å². The number of nitrogens with one attached hydrogen (secondary N) is 1. The summed E-state index contributed by atoms with van der Waals surface area (Å²) >= 11 is 0. The number of aliphatic hydroxyl groups excluding tert-OH is 1. The van der Waals surface area contributed by atoms with Crippen LogP contribution in [0.4, 0.5) is 0 Å². The topological polar surface area (TPSA) is 55.8 Å². The van der Waals surface area contributed by atoms with Crippen molar-refractivity contribution in [3.63, 3.8) is 0 Å². The summed E-state index contributed by atoms with van der Waals surface area (Å²) < 4.78 is 0. The Balaban J connectivity index is 1.78. The highest BCUT2D eigenvalue weighted by Gasteiger charge is 2.20. The molecule has 1 aliphatic rings. The van der Waals surface area contributed by atoms with Crippen LogP contribution < -0.4 is 5.32 Å². The third-order valence-electron chi connectivity index (χ3n) is 4.76. The number of piperazine rings is 1. The van der Waals surface area contributed by atoms with Gasteiger partial charge in [0.1, 0.15) is 0 Å². The van der Waals surface area contributed by atoms with E-state index < -0.39 is 0 Å². The van der Waals surface area contributed by atoms with Gasteiger partial charge in [-0.05, 0) is 44.4 Å². The summed E-state index contributed by atoms with van der Waals surface area (Å²) in [5, 5.41) is 12.5. The van der Waals surface area contributed by atoms with E-state index in [2.05, 4.69) is 47.2 Å². The highest BCUT2D eigenvalue weighted by Crippen LogP contribution is 2.16. The van der Waals surface area contributed by atoms with Gasteiger partial charge in [-0.25, -0.2) is 0 Å². The summed E-state index contributed by atoms with van der Waals surface area (Å²) in [6.07, 6.45) is -0.293. The van der Waals surface area contributed by atoms with Gasteiger partial charge < -0.3 is 10.4 Å². The molecule has 1 aliphatic heterocycles. The van der Waals surface area contributed by atoms with Crippen molar-refractivity contribution in [2.24, 2.45) is 0 Å². The van der Waals surface area contributed by atoms with E-state index in [4.69, 9.17) is 0 Å². The van der Waals surface area contributed by atoms with E-state index in [1.165, 1.54) is 11.1 Å². The van der Waals surface area contributed by atoms with Crippen molar-refractivity contribution in [1.82, 2.24) is 15.1 Å². The van der Waals surface area contributed by atoms with Crippen LogP contribution in [-0.4, -0.2) is 66.2 Å². The van der Waals surface area contributed by atoms with Crippen molar-refractivity contribution < 1.29 is 9.90 Å². The van der Waals surface area contributed by atoms with Gasteiger partial charge in [0, 0.05) is 32.7 Å². The Bertz CT molecular complexity index is 552. The number of rotatable bonds is 6. The lowest BCUT2D eigenvalue weighted by Crippen LogP contribution is -2.50. The lowest BCUT2D eigenvalue weighted by molar-refractivity contribution is -0.123. The van der Waals surface area contributed by atoms with E-state index >= 15 is 0 Å². The third kappa shape index (κ3) is 5.58. The second-order valence-electron chi connectivity index (χ2n) is 7.06. The Morgan fingerprint density at radius 1 is 1.12 bits per heavy atom. The minimum absolute atomic E-state index is 0.0216. The molecule has 5 heteroatoms. The maximum atomic E-state index is 12.3. The Morgan fingerprint density at radius 2 is 1.75 bits per heavy atom. The first kappa shape index (κ1) is 18.9. The summed E-state index contributed by atoms with van der Waals surface area (Å²) in [6.45, 7) is 12.8. The van der Waals surface area contributed by atoms with Gasteiger partial charge in [-0.1, -0.05) is 18.2 Å². The summed E-state index contributed by atoms with van der Waals surface area (Å²) in [6, 6.07) is 6.36. The van der Waals surface area contributed by atoms with Gasteiger partial charge in [-0.2, -0.15) is 0 Å². The quantitative estimate of drug-likeness (QED) is 0.828. The number of carbonyl (C=O) groups is 1. The number of benzene rings is 1. The number of hydrogen-bond acceptors (Lipinski definition) is 4. The predicted octanol–water partition coefficient (Wildman–Crippen LogP) is 1.48. The second-order valence-corrected chi connectivity index (χ2v) is 7.06. The first-order valence-corrected chi connectivity index (χ1v) is 8.84. The van der Waals surface area contributed by atoms with Crippen molar-refractivity contribution in [3.8, 4) is 0 Å². The molecule has 0 unspecified atom stereocenters. The molecule has 2 atom stereocenters. The van der Waals surface area contributed by atoms with E-state index in [1.807, 2.05) is 13.8 Å². The number of carbonyl (C=O) groups excluding carboxylic acids is 1. The van der Waals surface area contributed by atoms with Crippen molar-refractivity contribution in [1.29, 1.82) is 0 Å². The Labute approximate surface area is 145 Å². The molecule has 1 aromatic rings.